The van der Waals surface area contributed by atoms with Gasteiger partial charge in [-0.3, -0.25) is 9.48 Å². The van der Waals surface area contributed by atoms with E-state index in [4.69, 9.17) is 4.74 Å². The molecule has 0 atom stereocenters. The Morgan fingerprint density at radius 3 is 2.44 bits per heavy atom. The number of nitrogens with zero attached hydrogens (tertiary/aromatic N) is 3. The number of carbonyl (C=O) groups is 1. The van der Waals surface area contributed by atoms with Crippen LogP contribution in [-0.4, -0.2) is 40.0 Å². The van der Waals surface area contributed by atoms with E-state index in [0.29, 0.717) is 30.7 Å². The summed E-state index contributed by atoms with van der Waals surface area (Å²) < 4.78 is 7.44. The van der Waals surface area contributed by atoms with E-state index in [1.54, 1.807) is 7.11 Å². The van der Waals surface area contributed by atoms with Crippen LogP contribution in [0.25, 0.3) is 11.1 Å². The Balaban J connectivity index is 1.34. The zero-order chi connectivity index (χ0) is 29.1. The van der Waals surface area contributed by atoms with Gasteiger partial charge in [0.25, 0.3) is 0 Å². The molecule has 6 nitrogen and oxygen atoms in total. The van der Waals surface area contributed by atoms with Crippen molar-refractivity contribution in [1.29, 1.82) is 0 Å². The largest absolute Gasteiger partial charge is 0.496 e. The van der Waals surface area contributed by atoms with E-state index in [2.05, 4.69) is 79.4 Å². The first kappa shape index (κ1) is 29.4. The fourth-order valence-electron chi connectivity index (χ4n) is 6.74. The van der Waals surface area contributed by atoms with Crippen LogP contribution in [0.2, 0.25) is 0 Å². The minimum absolute atomic E-state index is 0.0406. The van der Waals surface area contributed by atoms with Gasteiger partial charge in [0.2, 0.25) is 5.91 Å². The maximum atomic E-state index is 14.1. The number of ether oxygens (including phenoxy) is 1. The summed E-state index contributed by atoms with van der Waals surface area (Å²) in [6.07, 6.45) is 11.3. The van der Waals surface area contributed by atoms with E-state index in [1.807, 2.05) is 17.8 Å². The summed E-state index contributed by atoms with van der Waals surface area (Å²) in [6.45, 7) is 9.01. The number of hydrogen-bond acceptors (Lipinski definition) is 4. The number of amides is 1. The molecule has 1 amide bonds. The monoisotopic (exact) mass is 557 g/mol. The topological polar surface area (TPSA) is 67.6 Å². The van der Waals surface area contributed by atoms with E-state index in [0.717, 1.165) is 67.6 Å². The summed E-state index contributed by atoms with van der Waals surface area (Å²) in [4.78, 5) is 16.2. The molecule has 1 aromatic heterocycles. The Morgan fingerprint density at radius 1 is 1.07 bits per heavy atom. The van der Waals surface area contributed by atoms with Crippen LogP contribution in [0.15, 0.2) is 54.9 Å². The molecular formula is C35H47N3O3. The van der Waals surface area contributed by atoms with Crippen LogP contribution in [0.1, 0.15) is 95.2 Å². The first-order valence-electron chi connectivity index (χ1n) is 15.5. The Morgan fingerprint density at radius 2 is 1.80 bits per heavy atom. The molecule has 0 bridgehead atoms. The third-order valence-corrected chi connectivity index (χ3v) is 9.48. The predicted octanol–water partition coefficient (Wildman–Crippen LogP) is 7.70. The molecule has 2 aliphatic carbocycles. The predicted molar refractivity (Wildman–Crippen MR) is 165 cm³/mol. The van der Waals surface area contributed by atoms with Gasteiger partial charge in [-0.05, 0) is 126 Å². The maximum Gasteiger partial charge on any atom is 0.230 e. The molecule has 1 heterocycles. The lowest BCUT2D eigenvalue weighted by molar-refractivity contribution is -0.125. The summed E-state index contributed by atoms with van der Waals surface area (Å²) in [7, 11) is 1.73. The molecule has 2 aliphatic rings. The van der Waals surface area contributed by atoms with Crippen molar-refractivity contribution >= 4 is 11.6 Å². The van der Waals surface area contributed by atoms with Gasteiger partial charge in [-0.2, -0.15) is 5.10 Å². The smallest absolute Gasteiger partial charge is 0.230 e. The van der Waals surface area contributed by atoms with Crippen molar-refractivity contribution < 1.29 is 14.6 Å². The lowest BCUT2D eigenvalue weighted by Gasteiger charge is -2.37. The summed E-state index contributed by atoms with van der Waals surface area (Å²) in [5, 5.41) is 15.1. The van der Waals surface area contributed by atoms with E-state index in [9.17, 15) is 9.90 Å². The molecule has 41 heavy (non-hydrogen) atoms. The molecular weight excluding hydrogens is 510 g/mol. The third kappa shape index (κ3) is 6.86. The summed E-state index contributed by atoms with van der Waals surface area (Å²) in [5.41, 5.74) is 5.05. The van der Waals surface area contributed by atoms with Gasteiger partial charge in [0, 0.05) is 36.0 Å². The zero-order valence-electron chi connectivity index (χ0n) is 25.5. The molecule has 2 fully saturated rings. The minimum Gasteiger partial charge on any atom is -0.496 e. The number of aromatic nitrogens is 2. The molecule has 1 N–H and O–H groups in total. The number of anilines is 1. The van der Waals surface area contributed by atoms with E-state index < -0.39 is 5.60 Å². The number of benzene rings is 2. The van der Waals surface area contributed by atoms with Gasteiger partial charge in [0.05, 0.1) is 18.9 Å². The third-order valence-electron chi connectivity index (χ3n) is 9.48. The lowest BCUT2D eigenvalue weighted by atomic mass is 9.77. The fourth-order valence-corrected chi connectivity index (χ4v) is 6.74. The molecule has 5 rings (SSSR count). The van der Waals surface area contributed by atoms with Crippen molar-refractivity contribution in [2.24, 2.45) is 11.8 Å². The second-order valence-electron chi connectivity index (χ2n) is 13.0. The van der Waals surface area contributed by atoms with Gasteiger partial charge in [0.1, 0.15) is 5.75 Å². The molecule has 0 saturated heterocycles. The van der Waals surface area contributed by atoms with Gasteiger partial charge in [0.15, 0.2) is 0 Å². The molecule has 0 radical (unpaired) electrons. The van der Waals surface area contributed by atoms with Crippen LogP contribution in [-0.2, 0) is 4.79 Å². The van der Waals surface area contributed by atoms with Crippen LogP contribution in [0.3, 0.4) is 0 Å². The average molecular weight is 558 g/mol. The first-order chi connectivity index (χ1) is 19.6. The Bertz CT molecular complexity index is 1330. The number of carbonyl (C=O) groups excluding carboxylic acids is 1. The molecule has 0 unspecified atom stereocenters. The number of hydrogen-bond donors (Lipinski definition) is 1. The molecule has 2 saturated carbocycles. The van der Waals surface area contributed by atoms with Crippen molar-refractivity contribution in [3.63, 3.8) is 0 Å². The highest BCUT2D eigenvalue weighted by Gasteiger charge is 2.36. The second-order valence-corrected chi connectivity index (χ2v) is 13.0. The summed E-state index contributed by atoms with van der Waals surface area (Å²) in [6, 6.07) is 15.3. The Kier molecular flexibility index (Phi) is 8.88. The quantitative estimate of drug-likeness (QED) is 0.308. The highest BCUT2D eigenvalue weighted by molar-refractivity contribution is 5.95. The number of aliphatic hydroxyl groups is 1. The first-order valence-corrected chi connectivity index (χ1v) is 15.5. The number of methoxy groups -OCH3 is 1. The molecule has 0 aliphatic heterocycles. The Hall–Kier alpha value is -3.12. The van der Waals surface area contributed by atoms with E-state index in [-0.39, 0.29) is 11.8 Å². The fraction of sp³-hybridized carbons (Fsp3) is 0.543. The Labute approximate surface area is 245 Å². The summed E-state index contributed by atoms with van der Waals surface area (Å²) in [5.74, 6) is 2.14. The van der Waals surface area contributed by atoms with Crippen LogP contribution >= 0.6 is 0 Å². The number of aryl methyl sites for hydroxylation is 1. The molecule has 0 spiro atoms. The van der Waals surface area contributed by atoms with Gasteiger partial charge < -0.3 is 14.7 Å². The van der Waals surface area contributed by atoms with Gasteiger partial charge in [-0.1, -0.05) is 24.3 Å². The van der Waals surface area contributed by atoms with Crippen molar-refractivity contribution in [3.05, 3.63) is 66.0 Å². The molecule has 6 heteroatoms. The minimum atomic E-state index is -0.656. The van der Waals surface area contributed by atoms with Crippen molar-refractivity contribution in [2.75, 3.05) is 18.6 Å². The molecule has 220 valence electrons. The van der Waals surface area contributed by atoms with Gasteiger partial charge >= 0.3 is 0 Å². The van der Waals surface area contributed by atoms with Crippen LogP contribution in [0.5, 0.6) is 5.75 Å². The van der Waals surface area contributed by atoms with Crippen LogP contribution in [0.4, 0.5) is 5.69 Å². The average Bonchev–Trinajstić information content (AvgIpc) is 3.47. The standard InChI is InChI=1S/C35H47N3O3/c1-24(2)38-23-31(21-36-38)29-7-6-8-32(20-29)37(34(39)28-15-17-35(4,40)18-16-28)22-26-9-11-27(12-10-26)30-13-14-33(41-5)25(3)19-30/h6-8,13-14,19-21,23-24,26-28,40H,9-12,15-18,22H2,1-5H3/t26-,27-,28-,35-. The van der Waals surface area contributed by atoms with E-state index in [1.165, 1.54) is 11.1 Å². The van der Waals surface area contributed by atoms with Crippen molar-refractivity contribution in [3.8, 4) is 16.9 Å². The van der Waals surface area contributed by atoms with Crippen LogP contribution < -0.4 is 9.64 Å². The highest BCUT2D eigenvalue weighted by atomic mass is 16.5. The molecule has 3 aromatic rings. The lowest BCUT2D eigenvalue weighted by Crippen LogP contribution is -2.43. The number of rotatable bonds is 8. The van der Waals surface area contributed by atoms with Crippen LogP contribution in [0, 0.1) is 18.8 Å². The van der Waals surface area contributed by atoms with Crippen molar-refractivity contribution in [1.82, 2.24) is 9.78 Å². The summed E-state index contributed by atoms with van der Waals surface area (Å²) >= 11 is 0. The van der Waals surface area contributed by atoms with Crippen molar-refractivity contribution in [2.45, 2.75) is 96.6 Å². The second kappa shape index (κ2) is 12.4. The maximum absolute atomic E-state index is 14.1. The normalized spacial score (nSPS) is 24.8. The SMILES string of the molecule is COc1ccc([C@H]2CC[C@H](CN(c3cccc(-c4cnn(C(C)C)c4)c3)C(=O)[C@H]3CC[C@](C)(O)CC3)CC2)cc1C. The highest BCUT2D eigenvalue weighted by Crippen LogP contribution is 2.39. The van der Waals surface area contributed by atoms with Gasteiger partial charge in [-0.15, -0.1) is 0 Å². The van der Waals surface area contributed by atoms with Gasteiger partial charge in [-0.25, -0.2) is 0 Å². The van der Waals surface area contributed by atoms with E-state index >= 15 is 0 Å². The zero-order valence-corrected chi connectivity index (χ0v) is 25.5. The molecule has 2 aromatic carbocycles.